The van der Waals surface area contributed by atoms with Crippen LogP contribution in [0.2, 0.25) is 0 Å². The van der Waals surface area contributed by atoms with Crippen LogP contribution >= 0.6 is 0 Å². The molecule has 1 saturated heterocycles. The second-order valence-electron chi connectivity index (χ2n) is 8.54. The number of aromatic amines is 1. The van der Waals surface area contributed by atoms with E-state index in [2.05, 4.69) is 11.1 Å². The first-order chi connectivity index (χ1) is 16.1. The van der Waals surface area contributed by atoms with E-state index in [1.807, 2.05) is 49.4 Å². The van der Waals surface area contributed by atoms with E-state index in [0.29, 0.717) is 38.3 Å². The standard InChI is InChI=1S/C26H29N3O4/c1-3-33-14-8-13-28-16-23(30)29-21(26(28)31)15-19-17-9-4-6-11-20(17)27-24(19)25(29)18-10-5-7-12-22(18)32-2/h4-7,9-12,21,25,27H,3,8,13-16H2,1-2H3/t21-,25+/m0/s1. The SMILES string of the molecule is CCOCCCN1CC(=O)N2[C@H](c3ccccc3OC)c3[nH]c4ccccc4c3C[C@H]2C1=O. The molecule has 2 amide bonds. The molecular weight excluding hydrogens is 418 g/mol. The summed E-state index contributed by atoms with van der Waals surface area (Å²) in [4.78, 5) is 34.2. The van der Waals surface area contributed by atoms with Crippen molar-refractivity contribution in [3.05, 3.63) is 65.4 Å². The molecule has 0 radical (unpaired) electrons. The molecule has 0 aliphatic carbocycles. The zero-order valence-electron chi connectivity index (χ0n) is 19.0. The predicted octanol–water partition coefficient (Wildman–Crippen LogP) is 3.29. The van der Waals surface area contributed by atoms with E-state index in [9.17, 15) is 9.59 Å². The Bertz CT molecular complexity index is 1190. The number of ether oxygens (including phenoxy) is 2. The number of nitrogens with zero attached hydrogens (tertiary/aromatic N) is 2. The predicted molar refractivity (Wildman–Crippen MR) is 125 cm³/mol. The van der Waals surface area contributed by atoms with Gasteiger partial charge in [0.2, 0.25) is 11.8 Å². The Morgan fingerprint density at radius 2 is 1.88 bits per heavy atom. The minimum Gasteiger partial charge on any atom is -0.496 e. The molecule has 1 fully saturated rings. The average molecular weight is 448 g/mol. The summed E-state index contributed by atoms with van der Waals surface area (Å²) in [5.74, 6) is 0.658. The van der Waals surface area contributed by atoms with Gasteiger partial charge in [-0.05, 0) is 31.0 Å². The summed E-state index contributed by atoms with van der Waals surface area (Å²) in [5, 5.41) is 1.10. The number of hydrogen-bond acceptors (Lipinski definition) is 4. The topological polar surface area (TPSA) is 74.9 Å². The van der Waals surface area contributed by atoms with Gasteiger partial charge in [-0.15, -0.1) is 0 Å². The van der Waals surface area contributed by atoms with Crippen LogP contribution in [0.25, 0.3) is 10.9 Å². The Morgan fingerprint density at radius 3 is 2.70 bits per heavy atom. The van der Waals surface area contributed by atoms with Crippen molar-refractivity contribution in [1.29, 1.82) is 0 Å². The molecule has 0 spiro atoms. The number of carbonyl (C=O) groups excluding carboxylic acids is 2. The molecule has 5 rings (SSSR count). The largest absolute Gasteiger partial charge is 0.496 e. The molecule has 1 N–H and O–H groups in total. The maximum Gasteiger partial charge on any atom is 0.246 e. The van der Waals surface area contributed by atoms with Crippen molar-refractivity contribution in [2.75, 3.05) is 33.4 Å². The Balaban J connectivity index is 1.59. The Kier molecular flexibility index (Phi) is 5.81. The molecule has 0 bridgehead atoms. The Morgan fingerprint density at radius 1 is 1.09 bits per heavy atom. The van der Waals surface area contributed by atoms with E-state index in [0.717, 1.165) is 27.7 Å². The van der Waals surface area contributed by atoms with Crippen molar-refractivity contribution < 1.29 is 19.1 Å². The maximum atomic E-state index is 13.6. The van der Waals surface area contributed by atoms with E-state index in [4.69, 9.17) is 9.47 Å². The molecule has 7 nitrogen and oxygen atoms in total. The highest BCUT2D eigenvalue weighted by atomic mass is 16.5. The third-order valence-corrected chi connectivity index (χ3v) is 6.70. The van der Waals surface area contributed by atoms with Gasteiger partial charge in [-0.3, -0.25) is 9.59 Å². The number of fused-ring (bicyclic) bond motifs is 4. The van der Waals surface area contributed by atoms with Crippen molar-refractivity contribution >= 4 is 22.7 Å². The molecule has 172 valence electrons. The number of nitrogens with one attached hydrogen (secondary N) is 1. The van der Waals surface area contributed by atoms with Crippen molar-refractivity contribution in [2.24, 2.45) is 0 Å². The highest BCUT2D eigenvalue weighted by Crippen LogP contribution is 2.44. The first-order valence-electron chi connectivity index (χ1n) is 11.5. The van der Waals surface area contributed by atoms with Gasteiger partial charge in [-0.1, -0.05) is 36.4 Å². The number of H-pyrrole nitrogens is 1. The van der Waals surface area contributed by atoms with Gasteiger partial charge in [0.1, 0.15) is 17.8 Å². The van der Waals surface area contributed by atoms with E-state index in [1.165, 1.54) is 0 Å². The van der Waals surface area contributed by atoms with Crippen LogP contribution in [-0.4, -0.2) is 66.1 Å². The van der Waals surface area contributed by atoms with Crippen LogP contribution in [0.1, 0.15) is 36.2 Å². The van der Waals surface area contributed by atoms with E-state index >= 15 is 0 Å². The summed E-state index contributed by atoms with van der Waals surface area (Å²) >= 11 is 0. The van der Waals surface area contributed by atoms with Gasteiger partial charge in [0.25, 0.3) is 0 Å². The average Bonchev–Trinajstić information content (AvgIpc) is 3.22. The molecule has 3 heterocycles. The molecule has 2 atom stereocenters. The van der Waals surface area contributed by atoms with Gasteiger partial charge in [0.05, 0.1) is 13.7 Å². The lowest BCUT2D eigenvalue weighted by molar-refractivity contribution is -0.158. The molecule has 7 heteroatoms. The number of rotatable bonds is 7. The molecular formula is C26H29N3O4. The first kappa shape index (κ1) is 21.5. The van der Waals surface area contributed by atoms with Crippen LogP contribution in [0.3, 0.4) is 0 Å². The fraction of sp³-hybridized carbons (Fsp3) is 0.385. The summed E-state index contributed by atoms with van der Waals surface area (Å²) in [6.45, 7) is 3.79. The molecule has 2 aromatic carbocycles. The molecule has 33 heavy (non-hydrogen) atoms. The Labute approximate surface area is 193 Å². The van der Waals surface area contributed by atoms with Crippen LogP contribution < -0.4 is 4.74 Å². The van der Waals surface area contributed by atoms with Crippen molar-refractivity contribution in [3.8, 4) is 5.75 Å². The van der Waals surface area contributed by atoms with E-state index < -0.39 is 12.1 Å². The number of piperazine rings is 1. The number of amides is 2. The second kappa shape index (κ2) is 8.90. The number of carbonyl (C=O) groups is 2. The fourth-order valence-corrected chi connectivity index (χ4v) is 5.23. The zero-order chi connectivity index (χ0) is 22.9. The van der Waals surface area contributed by atoms with Crippen molar-refractivity contribution in [1.82, 2.24) is 14.8 Å². The highest BCUT2D eigenvalue weighted by molar-refractivity contribution is 5.97. The van der Waals surface area contributed by atoms with Gasteiger partial charge in [0.15, 0.2) is 0 Å². The van der Waals surface area contributed by atoms with Crippen molar-refractivity contribution in [2.45, 2.75) is 31.8 Å². The first-order valence-corrected chi connectivity index (χ1v) is 11.5. The number of para-hydroxylation sites is 2. The van der Waals surface area contributed by atoms with Gasteiger partial charge in [-0.25, -0.2) is 0 Å². The molecule has 2 aliphatic rings. The van der Waals surface area contributed by atoms with E-state index in [1.54, 1.807) is 16.9 Å². The number of methoxy groups -OCH3 is 1. The minimum atomic E-state index is -0.542. The monoisotopic (exact) mass is 447 g/mol. The van der Waals surface area contributed by atoms with Gasteiger partial charge < -0.3 is 24.3 Å². The quantitative estimate of drug-likeness (QED) is 0.564. The molecule has 0 saturated carbocycles. The molecule has 3 aromatic rings. The highest BCUT2D eigenvalue weighted by Gasteiger charge is 2.48. The number of benzene rings is 2. The normalized spacial score (nSPS) is 20.2. The Hall–Kier alpha value is -3.32. The van der Waals surface area contributed by atoms with Crippen LogP contribution in [0.5, 0.6) is 5.75 Å². The van der Waals surface area contributed by atoms with Crippen LogP contribution in [0, 0.1) is 0 Å². The fourth-order valence-electron chi connectivity index (χ4n) is 5.23. The number of hydrogen-bond donors (Lipinski definition) is 1. The number of aromatic nitrogens is 1. The van der Waals surface area contributed by atoms with Crippen LogP contribution in [-0.2, 0) is 20.7 Å². The second-order valence-corrected chi connectivity index (χ2v) is 8.54. The van der Waals surface area contributed by atoms with Gasteiger partial charge >= 0.3 is 0 Å². The lowest BCUT2D eigenvalue weighted by Gasteiger charge is -2.47. The molecule has 0 unspecified atom stereocenters. The summed E-state index contributed by atoms with van der Waals surface area (Å²) in [6, 6.07) is 14.9. The lowest BCUT2D eigenvalue weighted by Crippen LogP contribution is -2.63. The van der Waals surface area contributed by atoms with Crippen molar-refractivity contribution in [3.63, 3.8) is 0 Å². The van der Waals surface area contributed by atoms with Gasteiger partial charge in [0, 0.05) is 48.3 Å². The van der Waals surface area contributed by atoms with Crippen LogP contribution in [0.4, 0.5) is 0 Å². The summed E-state index contributed by atoms with van der Waals surface area (Å²) < 4.78 is 11.1. The lowest BCUT2D eigenvalue weighted by atomic mass is 9.86. The van der Waals surface area contributed by atoms with E-state index in [-0.39, 0.29) is 18.4 Å². The molecule has 2 aliphatic heterocycles. The summed E-state index contributed by atoms with van der Waals surface area (Å²) in [5.41, 5.74) is 3.95. The summed E-state index contributed by atoms with van der Waals surface area (Å²) in [6.07, 6.45) is 1.21. The van der Waals surface area contributed by atoms with Crippen LogP contribution in [0.15, 0.2) is 48.5 Å². The third kappa shape index (κ3) is 3.66. The summed E-state index contributed by atoms with van der Waals surface area (Å²) in [7, 11) is 1.63. The van der Waals surface area contributed by atoms with Gasteiger partial charge in [-0.2, -0.15) is 0 Å². The maximum absolute atomic E-state index is 13.6. The third-order valence-electron chi connectivity index (χ3n) is 6.70. The minimum absolute atomic E-state index is 0.00178. The smallest absolute Gasteiger partial charge is 0.246 e. The molecule has 1 aromatic heterocycles. The zero-order valence-corrected chi connectivity index (χ0v) is 19.0.